The Labute approximate surface area is 115 Å². The average Bonchev–Trinajstić information content (AvgIpc) is 2.89. The van der Waals surface area contributed by atoms with Crippen molar-refractivity contribution in [2.75, 3.05) is 26.2 Å². The lowest BCUT2D eigenvalue weighted by atomic mass is 10.1. The van der Waals surface area contributed by atoms with E-state index in [-0.39, 0.29) is 0 Å². The Morgan fingerprint density at radius 2 is 2.39 bits per heavy atom. The lowest BCUT2D eigenvalue weighted by Gasteiger charge is -2.15. The van der Waals surface area contributed by atoms with E-state index in [1.54, 1.807) is 0 Å². The summed E-state index contributed by atoms with van der Waals surface area (Å²) in [5.74, 6) is 1.58. The van der Waals surface area contributed by atoms with Crippen molar-refractivity contribution in [2.45, 2.75) is 33.7 Å². The molecule has 1 N–H and O–H groups in total. The van der Waals surface area contributed by atoms with Crippen LogP contribution in [0.1, 0.15) is 30.2 Å². The SMILES string of the molecule is Cc1ncc(CN2CCC(CNCC(C)C)C2)s1. The fraction of sp³-hybridized carbons (Fsp3) is 0.786. The maximum absolute atomic E-state index is 4.33. The molecule has 1 aliphatic rings. The lowest BCUT2D eigenvalue weighted by molar-refractivity contribution is 0.316. The zero-order valence-corrected chi connectivity index (χ0v) is 12.6. The summed E-state index contributed by atoms with van der Waals surface area (Å²) in [5, 5.41) is 4.76. The van der Waals surface area contributed by atoms with Gasteiger partial charge in [0, 0.05) is 24.2 Å². The van der Waals surface area contributed by atoms with Crippen LogP contribution in [-0.2, 0) is 6.54 Å². The van der Waals surface area contributed by atoms with Gasteiger partial charge in [-0.1, -0.05) is 13.8 Å². The van der Waals surface area contributed by atoms with Crippen LogP contribution in [0.15, 0.2) is 6.20 Å². The van der Waals surface area contributed by atoms with Crippen molar-refractivity contribution in [1.82, 2.24) is 15.2 Å². The molecular weight excluding hydrogens is 242 g/mol. The summed E-state index contributed by atoms with van der Waals surface area (Å²) >= 11 is 1.83. The molecule has 2 rings (SSSR count). The first kappa shape index (κ1) is 14.0. The molecule has 1 atom stereocenters. The van der Waals surface area contributed by atoms with Gasteiger partial charge >= 0.3 is 0 Å². The summed E-state index contributed by atoms with van der Waals surface area (Å²) in [4.78, 5) is 8.30. The molecule has 0 aromatic carbocycles. The predicted octanol–water partition coefficient (Wildman–Crippen LogP) is 2.52. The molecule has 0 amide bonds. The van der Waals surface area contributed by atoms with Crippen LogP contribution in [0.2, 0.25) is 0 Å². The van der Waals surface area contributed by atoms with Gasteiger partial charge in [0.1, 0.15) is 0 Å². The monoisotopic (exact) mass is 267 g/mol. The van der Waals surface area contributed by atoms with E-state index in [9.17, 15) is 0 Å². The minimum Gasteiger partial charge on any atom is -0.316 e. The van der Waals surface area contributed by atoms with E-state index in [0.717, 1.165) is 24.9 Å². The third-order valence-electron chi connectivity index (χ3n) is 3.40. The highest BCUT2D eigenvalue weighted by atomic mass is 32.1. The lowest BCUT2D eigenvalue weighted by Crippen LogP contribution is -2.28. The zero-order valence-electron chi connectivity index (χ0n) is 11.8. The number of nitrogens with one attached hydrogen (secondary N) is 1. The molecule has 2 heterocycles. The molecule has 0 aliphatic carbocycles. The normalized spacial score (nSPS) is 21.0. The standard InChI is InChI=1S/C14H25N3S/c1-11(2)6-15-7-13-4-5-17(9-13)10-14-8-16-12(3)18-14/h8,11,13,15H,4-7,9-10H2,1-3H3. The van der Waals surface area contributed by atoms with Crippen LogP contribution >= 0.6 is 11.3 Å². The zero-order chi connectivity index (χ0) is 13.0. The second kappa shape index (κ2) is 6.64. The van der Waals surface area contributed by atoms with Crippen molar-refractivity contribution in [1.29, 1.82) is 0 Å². The summed E-state index contributed by atoms with van der Waals surface area (Å²) in [5.41, 5.74) is 0. The van der Waals surface area contributed by atoms with E-state index in [1.165, 1.54) is 35.9 Å². The molecule has 1 unspecified atom stereocenters. The Bertz CT molecular complexity index is 362. The molecule has 1 fully saturated rings. The predicted molar refractivity (Wildman–Crippen MR) is 77.9 cm³/mol. The first-order valence-electron chi connectivity index (χ1n) is 6.98. The number of aryl methyl sites for hydroxylation is 1. The molecule has 1 aromatic rings. The fourth-order valence-corrected chi connectivity index (χ4v) is 3.34. The van der Waals surface area contributed by atoms with E-state index in [0.29, 0.717) is 0 Å². The summed E-state index contributed by atoms with van der Waals surface area (Å²) < 4.78 is 0. The number of hydrogen-bond donors (Lipinski definition) is 1. The van der Waals surface area contributed by atoms with Crippen molar-refractivity contribution < 1.29 is 0 Å². The Kier molecular flexibility index (Phi) is 5.15. The first-order valence-corrected chi connectivity index (χ1v) is 7.79. The molecule has 1 saturated heterocycles. The van der Waals surface area contributed by atoms with Gasteiger partial charge in [0.2, 0.25) is 0 Å². The van der Waals surface area contributed by atoms with Crippen LogP contribution in [0.4, 0.5) is 0 Å². The largest absolute Gasteiger partial charge is 0.316 e. The van der Waals surface area contributed by atoms with Crippen LogP contribution in [0.5, 0.6) is 0 Å². The van der Waals surface area contributed by atoms with E-state index in [2.05, 4.69) is 36.0 Å². The van der Waals surface area contributed by atoms with E-state index < -0.39 is 0 Å². The van der Waals surface area contributed by atoms with Crippen molar-refractivity contribution in [2.24, 2.45) is 11.8 Å². The minimum absolute atomic E-state index is 0.752. The topological polar surface area (TPSA) is 28.2 Å². The first-order chi connectivity index (χ1) is 8.63. The third-order valence-corrected chi connectivity index (χ3v) is 4.30. The Balaban J connectivity index is 1.68. The van der Waals surface area contributed by atoms with Crippen molar-refractivity contribution in [3.05, 3.63) is 16.1 Å². The molecule has 1 aliphatic heterocycles. The molecular formula is C14H25N3S. The third kappa shape index (κ3) is 4.34. The molecule has 0 radical (unpaired) electrons. The molecule has 3 nitrogen and oxygen atoms in total. The van der Waals surface area contributed by atoms with Gasteiger partial charge in [0.15, 0.2) is 0 Å². The van der Waals surface area contributed by atoms with Gasteiger partial charge in [0.05, 0.1) is 5.01 Å². The molecule has 18 heavy (non-hydrogen) atoms. The van der Waals surface area contributed by atoms with Crippen LogP contribution in [-0.4, -0.2) is 36.1 Å². The maximum atomic E-state index is 4.33. The quantitative estimate of drug-likeness (QED) is 0.858. The van der Waals surface area contributed by atoms with Gasteiger partial charge in [-0.25, -0.2) is 4.98 Å². The number of thiazole rings is 1. The van der Waals surface area contributed by atoms with Crippen LogP contribution in [0, 0.1) is 18.8 Å². The van der Waals surface area contributed by atoms with Crippen molar-refractivity contribution in [3.63, 3.8) is 0 Å². The molecule has 4 heteroatoms. The van der Waals surface area contributed by atoms with Gasteiger partial charge in [-0.3, -0.25) is 4.90 Å². The second-order valence-electron chi connectivity index (χ2n) is 5.79. The Morgan fingerprint density at radius 1 is 1.56 bits per heavy atom. The molecule has 1 aromatic heterocycles. The fourth-order valence-electron chi connectivity index (χ4n) is 2.50. The number of aromatic nitrogens is 1. The van der Waals surface area contributed by atoms with Gasteiger partial charge in [-0.15, -0.1) is 11.3 Å². The molecule has 0 saturated carbocycles. The molecule has 0 spiro atoms. The highest BCUT2D eigenvalue weighted by Gasteiger charge is 2.22. The Morgan fingerprint density at radius 3 is 3.06 bits per heavy atom. The van der Waals surface area contributed by atoms with Crippen molar-refractivity contribution in [3.8, 4) is 0 Å². The molecule has 0 bridgehead atoms. The van der Waals surface area contributed by atoms with Gasteiger partial charge in [-0.05, 0) is 44.8 Å². The van der Waals surface area contributed by atoms with Crippen LogP contribution < -0.4 is 5.32 Å². The number of nitrogens with zero attached hydrogens (tertiary/aromatic N) is 2. The summed E-state index contributed by atoms with van der Waals surface area (Å²) in [6.45, 7) is 12.5. The van der Waals surface area contributed by atoms with Gasteiger partial charge in [0.25, 0.3) is 0 Å². The summed E-state index contributed by atoms with van der Waals surface area (Å²) in [6.07, 6.45) is 3.37. The van der Waals surface area contributed by atoms with E-state index >= 15 is 0 Å². The number of likely N-dealkylation sites (tertiary alicyclic amines) is 1. The second-order valence-corrected chi connectivity index (χ2v) is 7.11. The van der Waals surface area contributed by atoms with Gasteiger partial charge in [-0.2, -0.15) is 0 Å². The minimum atomic E-state index is 0.752. The van der Waals surface area contributed by atoms with E-state index in [1.807, 2.05) is 17.5 Å². The summed E-state index contributed by atoms with van der Waals surface area (Å²) in [6, 6.07) is 0. The highest BCUT2D eigenvalue weighted by molar-refractivity contribution is 7.11. The number of hydrogen-bond acceptors (Lipinski definition) is 4. The number of rotatable bonds is 6. The van der Waals surface area contributed by atoms with Gasteiger partial charge < -0.3 is 5.32 Å². The smallest absolute Gasteiger partial charge is 0.0897 e. The summed E-state index contributed by atoms with van der Waals surface area (Å²) in [7, 11) is 0. The van der Waals surface area contributed by atoms with Crippen LogP contribution in [0.3, 0.4) is 0 Å². The van der Waals surface area contributed by atoms with Crippen molar-refractivity contribution >= 4 is 11.3 Å². The molecule has 102 valence electrons. The average molecular weight is 267 g/mol. The Hall–Kier alpha value is -0.450. The maximum Gasteiger partial charge on any atom is 0.0897 e. The highest BCUT2D eigenvalue weighted by Crippen LogP contribution is 2.20. The van der Waals surface area contributed by atoms with Crippen LogP contribution in [0.25, 0.3) is 0 Å². The van der Waals surface area contributed by atoms with E-state index in [4.69, 9.17) is 0 Å².